The van der Waals surface area contributed by atoms with Crippen molar-refractivity contribution in [3.63, 3.8) is 0 Å². The molecule has 22 heavy (non-hydrogen) atoms. The van der Waals surface area contributed by atoms with Crippen LogP contribution < -0.4 is 10.5 Å². The van der Waals surface area contributed by atoms with Crippen LogP contribution in [-0.4, -0.2) is 26.8 Å². The Bertz CT molecular complexity index is 841. The Morgan fingerprint density at radius 2 is 2.18 bits per heavy atom. The minimum absolute atomic E-state index is 0.160. The van der Waals surface area contributed by atoms with Crippen LogP contribution in [0, 0.1) is 0 Å². The molecule has 0 aliphatic heterocycles. The summed E-state index contributed by atoms with van der Waals surface area (Å²) in [5.74, 6) is 0.551. The van der Waals surface area contributed by atoms with E-state index in [1.54, 1.807) is 22.2 Å². The highest BCUT2D eigenvalue weighted by molar-refractivity contribution is 7.07. The van der Waals surface area contributed by atoms with Gasteiger partial charge >= 0.3 is 0 Å². The van der Waals surface area contributed by atoms with Crippen LogP contribution in [0.2, 0.25) is 0 Å². The van der Waals surface area contributed by atoms with Crippen LogP contribution in [0.25, 0.3) is 11.0 Å². The maximum atomic E-state index is 12.3. The number of fused-ring (bicyclic) bond motifs is 1. The van der Waals surface area contributed by atoms with Gasteiger partial charge in [-0.25, -0.2) is 4.68 Å². The van der Waals surface area contributed by atoms with E-state index in [0.717, 1.165) is 0 Å². The van der Waals surface area contributed by atoms with Gasteiger partial charge in [0.1, 0.15) is 5.39 Å². The van der Waals surface area contributed by atoms with E-state index in [4.69, 9.17) is 0 Å². The fourth-order valence-electron chi connectivity index (χ4n) is 2.31. The number of anilines is 1. The SMILES string of the molecule is CN(Cc1ccsc1)c1nc2c(cnn2C(C)(C)C)c(=O)[nH]1. The van der Waals surface area contributed by atoms with E-state index in [1.165, 1.54) is 5.56 Å². The molecule has 0 fully saturated rings. The molecule has 0 atom stereocenters. The van der Waals surface area contributed by atoms with Crippen LogP contribution in [0.4, 0.5) is 5.95 Å². The van der Waals surface area contributed by atoms with Gasteiger partial charge in [-0.05, 0) is 43.2 Å². The lowest BCUT2D eigenvalue weighted by Crippen LogP contribution is -2.26. The first-order valence-corrected chi connectivity index (χ1v) is 8.01. The molecule has 3 aromatic rings. The minimum Gasteiger partial charge on any atom is -0.341 e. The summed E-state index contributed by atoms with van der Waals surface area (Å²) >= 11 is 1.66. The van der Waals surface area contributed by atoms with Crippen LogP contribution in [0.1, 0.15) is 26.3 Å². The fraction of sp³-hybridized carbons (Fsp3) is 0.400. The normalized spacial score (nSPS) is 12.0. The van der Waals surface area contributed by atoms with E-state index in [2.05, 4.69) is 26.5 Å². The summed E-state index contributed by atoms with van der Waals surface area (Å²) in [6, 6.07) is 2.07. The molecule has 0 amide bonds. The third kappa shape index (κ3) is 2.64. The zero-order valence-electron chi connectivity index (χ0n) is 13.1. The molecule has 7 heteroatoms. The van der Waals surface area contributed by atoms with Crippen LogP contribution in [-0.2, 0) is 12.1 Å². The zero-order valence-corrected chi connectivity index (χ0v) is 13.9. The highest BCUT2D eigenvalue weighted by Crippen LogP contribution is 2.20. The van der Waals surface area contributed by atoms with Crippen LogP contribution in [0.5, 0.6) is 0 Å². The first-order chi connectivity index (χ1) is 10.4. The average Bonchev–Trinajstić information content (AvgIpc) is 3.06. The van der Waals surface area contributed by atoms with Crippen molar-refractivity contribution in [1.82, 2.24) is 19.7 Å². The molecule has 0 spiro atoms. The Balaban J connectivity index is 2.05. The summed E-state index contributed by atoms with van der Waals surface area (Å²) in [6.07, 6.45) is 1.58. The largest absolute Gasteiger partial charge is 0.341 e. The molecule has 0 bridgehead atoms. The second-order valence-electron chi connectivity index (χ2n) is 6.34. The summed E-state index contributed by atoms with van der Waals surface area (Å²) < 4.78 is 1.79. The molecule has 0 radical (unpaired) electrons. The number of hydrogen-bond donors (Lipinski definition) is 1. The highest BCUT2D eigenvalue weighted by atomic mass is 32.1. The Labute approximate surface area is 132 Å². The maximum absolute atomic E-state index is 12.3. The smallest absolute Gasteiger partial charge is 0.263 e. The molecule has 6 nitrogen and oxygen atoms in total. The third-order valence-corrected chi connectivity index (χ3v) is 4.15. The predicted octanol–water partition coefficient (Wildman–Crippen LogP) is 2.57. The first kappa shape index (κ1) is 14.8. The predicted molar refractivity (Wildman–Crippen MR) is 89.6 cm³/mol. The van der Waals surface area contributed by atoms with Gasteiger partial charge in [0.05, 0.1) is 11.7 Å². The summed E-state index contributed by atoms with van der Waals surface area (Å²) in [7, 11) is 1.92. The Morgan fingerprint density at radius 3 is 2.82 bits per heavy atom. The van der Waals surface area contributed by atoms with Gasteiger partial charge < -0.3 is 4.90 Å². The van der Waals surface area contributed by atoms with Crippen molar-refractivity contribution < 1.29 is 0 Å². The summed E-state index contributed by atoms with van der Waals surface area (Å²) in [5.41, 5.74) is 1.42. The van der Waals surface area contributed by atoms with E-state index in [9.17, 15) is 4.79 Å². The van der Waals surface area contributed by atoms with Gasteiger partial charge in [0.2, 0.25) is 5.95 Å². The van der Waals surface area contributed by atoms with E-state index >= 15 is 0 Å². The van der Waals surface area contributed by atoms with Crippen molar-refractivity contribution in [3.8, 4) is 0 Å². The Morgan fingerprint density at radius 1 is 1.41 bits per heavy atom. The molecule has 3 heterocycles. The van der Waals surface area contributed by atoms with Gasteiger partial charge in [-0.2, -0.15) is 21.4 Å². The monoisotopic (exact) mass is 317 g/mol. The molecule has 0 saturated heterocycles. The molecular formula is C15H19N5OS. The molecule has 0 aromatic carbocycles. The van der Waals surface area contributed by atoms with E-state index in [1.807, 2.05) is 38.1 Å². The van der Waals surface area contributed by atoms with Crippen molar-refractivity contribution in [2.24, 2.45) is 0 Å². The Kier molecular flexibility index (Phi) is 3.52. The van der Waals surface area contributed by atoms with E-state index in [0.29, 0.717) is 23.5 Å². The maximum Gasteiger partial charge on any atom is 0.263 e. The summed E-state index contributed by atoms with van der Waals surface area (Å²) in [5, 5.41) is 8.97. The van der Waals surface area contributed by atoms with E-state index in [-0.39, 0.29) is 11.1 Å². The quantitative estimate of drug-likeness (QED) is 0.806. The average molecular weight is 317 g/mol. The van der Waals surface area contributed by atoms with Crippen molar-refractivity contribution >= 4 is 28.3 Å². The lowest BCUT2D eigenvalue weighted by atomic mass is 10.1. The van der Waals surface area contributed by atoms with Crippen molar-refractivity contribution in [2.45, 2.75) is 32.9 Å². The lowest BCUT2D eigenvalue weighted by Gasteiger charge is -2.21. The molecule has 0 unspecified atom stereocenters. The second kappa shape index (κ2) is 5.24. The third-order valence-electron chi connectivity index (χ3n) is 3.42. The van der Waals surface area contributed by atoms with Crippen molar-refractivity contribution in [2.75, 3.05) is 11.9 Å². The second-order valence-corrected chi connectivity index (χ2v) is 7.12. The van der Waals surface area contributed by atoms with Crippen LogP contribution in [0.3, 0.4) is 0 Å². The zero-order chi connectivity index (χ0) is 15.9. The molecule has 116 valence electrons. The van der Waals surface area contributed by atoms with Crippen molar-refractivity contribution in [1.29, 1.82) is 0 Å². The molecule has 0 aliphatic carbocycles. The van der Waals surface area contributed by atoms with Crippen molar-refractivity contribution in [3.05, 3.63) is 38.9 Å². The lowest BCUT2D eigenvalue weighted by molar-refractivity contribution is 0.366. The van der Waals surface area contributed by atoms with Gasteiger partial charge in [0.15, 0.2) is 5.65 Å². The number of H-pyrrole nitrogens is 1. The molecule has 3 rings (SSSR count). The number of aromatic nitrogens is 4. The highest BCUT2D eigenvalue weighted by Gasteiger charge is 2.20. The number of rotatable bonds is 3. The fourth-order valence-corrected chi connectivity index (χ4v) is 2.97. The van der Waals surface area contributed by atoms with Gasteiger partial charge in [0, 0.05) is 13.6 Å². The number of thiophene rings is 1. The molecule has 0 aliphatic rings. The summed E-state index contributed by atoms with van der Waals surface area (Å²) in [4.78, 5) is 21.7. The van der Waals surface area contributed by atoms with Gasteiger partial charge in [-0.3, -0.25) is 9.78 Å². The Hall–Kier alpha value is -2.15. The first-order valence-electron chi connectivity index (χ1n) is 7.07. The number of nitrogens with one attached hydrogen (secondary N) is 1. The number of aromatic amines is 1. The van der Waals surface area contributed by atoms with Gasteiger partial charge in [0.25, 0.3) is 5.56 Å². The molecule has 0 saturated carbocycles. The van der Waals surface area contributed by atoms with E-state index < -0.39 is 0 Å². The van der Waals surface area contributed by atoms with Crippen LogP contribution in [0.15, 0.2) is 27.8 Å². The van der Waals surface area contributed by atoms with Gasteiger partial charge in [-0.15, -0.1) is 0 Å². The van der Waals surface area contributed by atoms with Gasteiger partial charge in [-0.1, -0.05) is 0 Å². The molecule has 1 N–H and O–H groups in total. The minimum atomic E-state index is -0.230. The number of nitrogens with zero attached hydrogens (tertiary/aromatic N) is 4. The molecular weight excluding hydrogens is 298 g/mol. The van der Waals surface area contributed by atoms with Crippen LogP contribution >= 0.6 is 11.3 Å². The topological polar surface area (TPSA) is 66.8 Å². The number of hydrogen-bond acceptors (Lipinski definition) is 5. The standard InChI is InChI=1S/C15H19N5OS/c1-15(2,3)20-12-11(7-16-20)13(21)18-14(17-12)19(4)8-10-5-6-22-9-10/h5-7,9H,8H2,1-4H3,(H,17,18,21). The molecule has 3 aromatic heterocycles. The summed E-state index contributed by atoms with van der Waals surface area (Å²) in [6.45, 7) is 6.81.